The van der Waals surface area contributed by atoms with Crippen LogP contribution >= 0.6 is 0 Å². The van der Waals surface area contributed by atoms with Gasteiger partial charge in [-0.15, -0.1) is 0 Å². The smallest absolute Gasteiger partial charge is 0.326 e. The van der Waals surface area contributed by atoms with E-state index in [0.29, 0.717) is 6.42 Å². The minimum absolute atomic E-state index is 0.302. The zero-order valence-electron chi connectivity index (χ0n) is 17.9. The van der Waals surface area contributed by atoms with E-state index in [1.807, 2.05) is 5.32 Å². The molecule has 0 radical (unpaired) electrons. The summed E-state index contributed by atoms with van der Waals surface area (Å²) in [6, 6.07) is -5.67. The fourth-order valence-electron chi connectivity index (χ4n) is 2.51. The minimum Gasteiger partial charge on any atom is -0.481 e. The van der Waals surface area contributed by atoms with Crippen molar-refractivity contribution in [2.45, 2.75) is 63.7 Å². The molecule has 0 aromatic carbocycles. The molecule has 0 saturated carbocycles. The molecule has 0 aromatic rings. The van der Waals surface area contributed by atoms with Crippen LogP contribution in [0.2, 0.25) is 0 Å². The van der Waals surface area contributed by atoms with Gasteiger partial charge in [0.2, 0.25) is 23.6 Å². The zero-order valence-corrected chi connectivity index (χ0v) is 17.9. The van der Waals surface area contributed by atoms with Crippen molar-refractivity contribution in [3.8, 4) is 0 Å². The number of primary amides is 1. The second-order valence-corrected chi connectivity index (χ2v) is 7.22. The monoisotopic (exact) mass is 461 g/mol. The third-order valence-electron chi connectivity index (χ3n) is 4.63. The molecule has 0 aliphatic rings. The number of nitrogens with two attached hydrogens (primary N) is 2. The fraction of sp³-hybridized carbons (Fsp3) is 0.667. The summed E-state index contributed by atoms with van der Waals surface area (Å²) in [7, 11) is 0. The summed E-state index contributed by atoms with van der Waals surface area (Å²) in [5, 5.41) is 33.6. The first-order valence-corrected chi connectivity index (χ1v) is 9.84. The van der Waals surface area contributed by atoms with Crippen molar-refractivity contribution < 1.29 is 44.1 Å². The zero-order chi connectivity index (χ0) is 25.0. The van der Waals surface area contributed by atoms with Gasteiger partial charge in [0.25, 0.3) is 0 Å². The van der Waals surface area contributed by atoms with E-state index in [2.05, 4.69) is 10.6 Å². The maximum atomic E-state index is 12.8. The molecule has 0 heterocycles. The average molecular weight is 461 g/mol. The molecule has 0 aliphatic heterocycles. The fourth-order valence-corrected chi connectivity index (χ4v) is 2.51. The first-order valence-electron chi connectivity index (χ1n) is 9.84. The van der Waals surface area contributed by atoms with Crippen LogP contribution in [0.25, 0.3) is 0 Å². The van der Waals surface area contributed by atoms with E-state index in [1.54, 1.807) is 13.8 Å². The Bertz CT molecular complexity index is 715. The Hall–Kier alpha value is -3.26. The lowest BCUT2D eigenvalue weighted by molar-refractivity contribution is -0.147. The molecule has 5 atom stereocenters. The van der Waals surface area contributed by atoms with Crippen LogP contribution in [0, 0.1) is 5.92 Å². The van der Waals surface area contributed by atoms with Crippen molar-refractivity contribution in [2.75, 3.05) is 6.61 Å². The van der Waals surface area contributed by atoms with E-state index >= 15 is 0 Å². The van der Waals surface area contributed by atoms with Gasteiger partial charge in [0.15, 0.2) is 0 Å². The maximum absolute atomic E-state index is 12.8. The van der Waals surface area contributed by atoms with E-state index in [0.717, 1.165) is 0 Å². The van der Waals surface area contributed by atoms with Gasteiger partial charge in [-0.1, -0.05) is 20.3 Å². The van der Waals surface area contributed by atoms with Crippen LogP contribution in [0.4, 0.5) is 0 Å². The third kappa shape index (κ3) is 10.2. The minimum atomic E-state index is -1.78. The van der Waals surface area contributed by atoms with E-state index in [1.165, 1.54) is 0 Å². The van der Waals surface area contributed by atoms with E-state index < -0.39 is 78.7 Å². The summed E-state index contributed by atoms with van der Waals surface area (Å²) >= 11 is 0. The number of carboxylic acids is 2. The molecule has 14 nitrogen and oxygen atoms in total. The number of amides is 4. The Morgan fingerprint density at radius 1 is 0.906 bits per heavy atom. The molecule has 0 saturated heterocycles. The van der Waals surface area contributed by atoms with Crippen molar-refractivity contribution in [1.29, 1.82) is 0 Å². The highest BCUT2D eigenvalue weighted by atomic mass is 16.4. The van der Waals surface area contributed by atoms with Crippen molar-refractivity contribution in [3.05, 3.63) is 0 Å². The predicted molar refractivity (Wildman–Crippen MR) is 109 cm³/mol. The number of carboxylic acid groups (broad SMARTS) is 2. The van der Waals surface area contributed by atoms with Crippen molar-refractivity contribution >= 4 is 35.6 Å². The Labute approximate surface area is 184 Å². The summed E-state index contributed by atoms with van der Waals surface area (Å²) in [6.45, 7) is 2.72. The Balaban J connectivity index is 5.61. The lowest BCUT2D eigenvalue weighted by Gasteiger charge is -2.27. The molecule has 4 amide bonds. The summed E-state index contributed by atoms with van der Waals surface area (Å²) in [6.07, 6.45) is -1.12. The van der Waals surface area contributed by atoms with Crippen LogP contribution in [-0.4, -0.2) is 81.7 Å². The van der Waals surface area contributed by atoms with Gasteiger partial charge < -0.3 is 42.7 Å². The van der Waals surface area contributed by atoms with Crippen molar-refractivity contribution in [1.82, 2.24) is 16.0 Å². The standard InChI is InChI=1S/C18H31N5O9/c1-3-8(2)14(23-15(28)9(19)7-24)17(30)21-10(4-5-12(20)25)16(29)22-11(18(31)32)6-13(26)27/h8-11,14,24H,3-7,19H2,1-2H3,(H2,20,25)(H,21,30)(H,22,29)(H,23,28)(H,26,27)(H,31,32). The summed E-state index contributed by atoms with van der Waals surface area (Å²) < 4.78 is 0. The number of aliphatic hydroxyl groups is 1. The highest BCUT2D eigenvalue weighted by molar-refractivity contribution is 5.95. The lowest BCUT2D eigenvalue weighted by atomic mass is 9.97. The predicted octanol–water partition coefficient (Wildman–Crippen LogP) is -3.37. The van der Waals surface area contributed by atoms with Crippen LogP contribution in [0.3, 0.4) is 0 Å². The quantitative estimate of drug-likeness (QED) is 0.120. The number of hydrogen-bond donors (Lipinski definition) is 8. The molecule has 0 spiro atoms. The molecule has 182 valence electrons. The largest absolute Gasteiger partial charge is 0.481 e. The van der Waals surface area contributed by atoms with Gasteiger partial charge in [0, 0.05) is 6.42 Å². The topological polar surface area (TPSA) is 251 Å². The molecule has 0 aromatic heterocycles. The van der Waals surface area contributed by atoms with E-state index in [4.69, 9.17) is 26.8 Å². The summed E-state index contributed by atoms with van der Waals surface area (Å²) in [5.74, 6) is -6.99. The number of carbonyl (C=O) groups is 6. The molecule has 0 rings (SSSR count). The van der Waals surface area contributed by atoms with E-state index in [9.17, 15) is 28.8 Å². The highest BCUT2D eigenvalue weighted by Gasteiger charge is 2.33. The van der Waals surface area contributed by atoms with Crippen LogP contribution in [-0.2, 0) is 28.8 Å². The van der Waals surface area contributed by atoms with Crippen LogP contribution in [0.15, 0.2) is 0 Å². The highest BCUT2D eigenvalue weighted by Crippen LogP contribution is 2.10. The van der Waals surface area contributed by atoms with Crippen LogP contribution in [0.1, 0.15) is 39.5 Å². The molecule has 14 heteroatoms. The van der Waals surface area contributed by atoms with Crippen molar-refractivity contribution in [3.63, 3.8) is 0 Å². The summed E-state index contributed by atoms with van der Waals surface area (Å²) in [5.41, 5.74) is 10.5. The number of carbonyl (C=O) groups excluding carboxylic acids is 4. The van der Waals surface area contributed by atoms with Gasteiger partial charge in [-0.25, -0.2) is 4.79 Å². The number of nitrogens with one attached hydrogen (secondary N) is 3. The second-order valence-electron chi connectivity index (χ2n) is 7.22. The lowest BCUT2D eigenvalue weighted by Crippen LogP contribution is -2.59. The SMILES string of the molecule is CCC(C)C(NC(=O)C(N)CO)C(=O)NC(CCC(N)=O)C(=O)NC(CC(=O)O)C(=O)O. The van der Waals surface area contributed by atoms with Crippen molar-refractivity contribution in [2.24, 2.45) is 17.4 Å². The van der Waals surface area contributed by atoms with Crippen LogP contribution in [0.5, 0.6) is 0 Å². The molecular formula is C18H31N5O9. The third-order valence-corrected chi connectivity index (χ3v) is 4.63. The Morgan fingerprint density at radius 2 is 1.47 bits per heavy atom. The van der Waals surface area contributed by atoms with Gasteiger partial charge in [-0.05, 0) is 12.3 Å². The second kappa shape index (κ2) is 13.9. The molecule has 5 unspecified atom stereocenters. The normalized spacial score (nSPS) is 15.4. The Morgan fingerprint density at radius 3 is 1.91 bits per heavy atom. The number of hydrogen-bond acceptors (Lipinski definition) is 8. The molecule has 0 fully saturated rings. The maximum Gasteiger partial charge on any atom is 0.326 e. The molecule has 0 bridgehead atoms. The van der Waals surface area contributed by atoms with Gasteiger partial charge in [-0.3, -0.25) is 24.0 Å². The summed E-state index contributed by atoms with van der Waals surface area (Å²) in [4.78, 5) is 70.6. The van der Waals surface area contributed by atoms with E-state index in [-0.39, 0.29) is 12.8 Å². The van der Waals surface area contributed by atoms with Crippen LogP contribution < -0.4 is 27.4 Å². The molecule has 0 aliphatic carbocycles. The number of aliphatic hydroxyl groups excluding tert-OH is 1. The van der Waals surface area contributed by atoms with Gasteiger partial charge in [0.1, 0.15) is 24.2 Å². The number of rotatable bonds is 15. The Kier molecular flexibility index (Phi) is 12.5. The molecular weight excluding hydrogens is 430 g/mol. The van der Waals surface area contributed by atoms with Gasteiger partial charge in [-0.2, -0.15) is 0 Å². The van der Waals surface area contributed by atoms with Gasteiger partial charge >= 0.3 is 11.9 Å². The first kappa shape index (κ1) is 28.7. The molecule has 10 N–H and O–H groups in total. The average Bonchev–Trinajstić information content (AvgIpc) is 2.71. The first-order chi connectivity index (χ1) is 14.8. The number of aliphatic carboxylic acids is 2. The molecule has 32 heavy (non-hydrogen) atoms. The van der Waals surface area contributed by atoms with Gasteiger partial charge in [0.05, 0.1) is 13.0 Å².